The summed E-state index contributed by atoms with van der Waals surface area (Å²) in [4.78, 5) is 18.1. The number of nitrogens with one attached hydrogen (secondary N) is 1. The molecule has 0 radical (unpaired) electrons. The van der Waals surface area contributed by atoms with Gasteiger partial charge in [-0.15, -0.1) is 11.3 Å². The molecule has 0 unspecified atom stereocenters. The maximum absolute atomic E-state index is 14.7. The number of hydrogen-bond donors (Lipinski definition) is 1. The molecule has 144 valence electrons. The molecule has 4 heterocycles. The van der Waals surface area contributed by atoms with Crippen LogP contribution in [0.15, 0.2) is 35.4 Å². The maximum atomic E-state index is 14.7. The van der Waals surface area contributed by atoms with Crippen molar-refractivity contribution in [3.8, 4) is 5.75 Å². The Morgan fingerprint density at radius 3 is 2.86 bits per heavy atom. The molecule has 0 saturated carbocycles. The summed E-state index contributed by atoms with van der Waals surface area (Å²) < 4.78 is 37.2. The van der Waals surface area contributed by atoms with Crippen molar-refractivity contribution in [3.63, 3.8) is 0 Å². The minimum Gasteiger partial charge on any atom is -0.497 e. The summed E-state index contributed by atoms with van der Waals surface area (Å²) in [5, 5.41) is 7.02. The number of benzene rings is 1. The van der Waals surface area contributed by atoms with Gasteiger partial charge in [0, 0.05) is 11.4 Å². The molecule has 3 aromatic heterocycles. The normalized spacial score (nSPS) is 15.8. The molecular formula is C18H15F2N5O2S. The van der Waals surface area contributed by atoms with Crippen LogP contribution >= 0.6 is 11.3 Å². The zero-order valence-corrected chi connectivity index (χ0v) is 15.6. The Bertz CT molecular complexity index is 1260. The highest BCUT2D eigenvalue weighted by molar-refractivity contribution is 7.19. The van der Waals surface area contributed by atoms with Gasteiger partial charge in [-0.1, -0.05) is 12.1 Å². The van der Waals surface area contributed by atoms with Crippen molar-refractivity contribution >= 4 is 27.2 Å². The second kappa shape index (κ2) is 6.08. The molecule has 0 bridgehead atoms. The lowest BCUT2D eigenvalue weighted by Gasteiger charge is -2.23. The fourth-order valence-electron chi connectivity index (χ4n) is 3.60. The molecule has 1 N–H and O–H groups in total. The van der Waals surface area contributed by atoms with E-state index >= 15 is 0 Å². The topological polar surface area (TPSA) is 73.5 Å². The summed E-state index contributed by atoms with van der Waals surface area (Å²) in [6, 6.07) is 7.27. The van der Waals surface area contributed by atoms with Gasteiger partial charge in [-0.25, -0.2) is 9.78 Å². The first-order valence-corrected chi connectivity index (χ1v) is 9.41. The largest absolute Gasteiger partial charge is 0.497 e. The van der Waals surface area contributed by atoms with E-state index in [2.05, 4.69) is 15.4 Å². The molecule has 0 atom stereocenters. The fourth-order valence-corrected chi connectivity index (χ4v) is 4.91. The molecule has 28 heavy (non-hydrogen) atoms. The van der Waals surface area contributed by atoms with Crippen LogP contribution in [0.4, 0.5) is 8.78 Å². The van der Waals surface area contributed by atoms with E-state index in [1.807, 2.05) is 12.1 Å². The first kappa shape index (κ1) is 17.3. The molecular weight excluding hydrogens is 388 g/mol. The van der Waals surface area contributed by atoms with Gasteiger partial charge in [0.05, 0.1) is 31.1 Å². The molecule has 5 rings (SSSR count). The predicted octanol–water partition coefficient (Wildman–Crippen LogP) is 2.36. The van der Waals surface area contributed by atoms with Crippen LogP contribution in [0.3, 0.4) is 0 Å². The minimum atomic E-state index is -3.04. The average Bonchev–Trinajstić information content (AvgIpc) is 3.30. The number of alkyl halides is 2. The number of aromatic nitrogens is 4. The molecule has 1 aliphatic heterocycles. The highest BCUT2D eigenvalue weighted by Crippen LogP contribution is 2.44. The number of methoxy groups -OCH3 is 1. The van der Waals surface area contributed by atoms with Gasteiger partial charge in [-0.3, -0.25) is 4.57 Å². The predicted molar refractivity (Wildman–Crippen MR) is 100 cm³/mol. The van der Waals surface area contributed by atoms with E-state index in [0.717, 1.165) is 10.1 Å². The van der Waals surface area contributed by atoms with Gasteiger partial charge >= 0.3 is 5.69 Å². The van der Waals surface area contributed by atoms with Crippen LogP contribution in [-0.2, 0) is 19.0 Å². The summed E-state index contributed by atoms with van der Waals surface area (Å²) in [7, 11) is 1.58. The number of nitrogens with zero attached hydrogens (tertiary/aromatic N) is 4. The molecule has 4 aromatic rings. The van der Waals surface area contributed by atoms with Crippen LogP contribution in [-0.4, -0.2) is 32.8 Å². The van der Waals surface area contributed by atoms with Gasteiger partial charge in [0.15, 0.2) is 5.65 Å². The monoisotopic (exact) mass is 403 g/mol. The van der Waals surface area contributed by atoms with E-state index in [1.54, 1.807) is 19.2 Å². The van der Waals surface area contributed by atoms with Gasteiger partial charge in [-0.2, -0.15) is 18.4 Å². The molecule has 0 amide bonds. The summed E-state index contributed by atoms with van der Waals surface area (Å²) in [6.07, 6.45) is 1.22. The van der Waals surface area contributed by atoms with E-state index in [9.17, 15) is 13.6 Å². The third-order valence-corrected chi connectivity index (χ3v) is 6.10. The number of halogens is 2. The van der Waals surface area contributed by atoms with E-state index in [0.29, 0.717) is 27.4 Å². The zero-order valence-electron chi connectivity index (χ0n) is 14.8. The Hall–Kier alpha value is -2.85. The lowest BCUT2D eigenvalue weighted by atomic mass is 10.0. The van der Waals surface area contributed by atoms with Crippen LogP contribution in [0.25, 0.3) is 15.9 Å². The third kappa shape index (κ3) is 2.45. The van der Waals surface area contributed by atoms with E-state index in [4.69, 9.17) is 4.74 Å². The van der Waals surface area contributed by atoms with Crippen molar-refractivity contribution < 1.29 is 13.5 Å². The first-order valence-electron chi connectivity index (χ1n) is 8.59. The number of rotatable bonds is 3. The lowest BCUT2D eigenvalue weighted by molar-refractivity contribution is -0.00830. The van der Waals surface area contributed by atoms with Crippen molar-refractivity contribution in [2.45, 2.75) is 19.0 Å². The Labute approximate surface area is 161 Å². The number of hydrogen-bond acceptors (Lipinski definition) is 6. The molecule has 1 aromatic carbocycles. The Morgan fingerprint density at radius 2 is 2.11 bits per heavy atom. The van der Waals surface area contributed by atoms with Crippen molar-refractivity contribution in [2.75, 3.05) is 13.7 Å². The van der Waals surface area contributed by atoms with Crippen molar-refractivity contribution in [3.05, 3.63) is 57.1 Å². The summed E-state index contributed by atoms with van der Waals surface area (Å²) in [6.45, 7) is 0.124. The minimum absolute atomic E-state index is 0.0484. The van der Waals surface area contributed by atoms with Crippen LogP contribution in [0.2, 0.25) is 0 Å². The smallest absolute Gasteiger partial charge is 0.352 e. The Morgan fingerprint density at radius 1 is 1.32 bits per heavy atom. The fraction of sp³-hybridized carbons (Fsp3) is 0.278. The van der Waals surface area contributed by atoms with Crippen LogP contribution in [0, 0.1) is 0 Å². The number of thiophene rings is 1. The van der Waals surface area contributed by atoms with Gasteiger partial charge in [0.2, 0.25) is 0 Å². The van der Waals surface area contributed by atoms with Gasteiger partial charge in [0.25, 0.3) is 5.92 Å². The van der Waals surface area contributed by atoms with Crippen LogP contribution in [0.5, 0.6) is 5.75 Å². The molecule has 10 heteroatoms. The third-order valence-electron chi connectivity index (χ3n) is 4.89. The highest BCUT2D eigenvalue weighted by atomic mass is 32.1. The van der Waals surface area contributed by atoms with Crippen LogP contribution in [0.1, 0.15) is 16.0 Å². The second-order valence-corrected chi connectivity index (χ2v) is 7.68. The van der Waals surface area contributed by atoms with E-state index < -0.39 is 18.2 Å². The quantitative estimate of drug-likeness (QED) is 0.569. The first-order chi connectivity index (χ1) is 13.5. The van der Waals surface area contributed by atoms with Gasteiger partial charge in [-0.05, 0) is 17.7 Å². The second-order valence-electron chi connectivity index (χ2n) is 6.60. The SMILES string of the molecule is COc1ccc(Cn2c(=O)n3ncnc3c3c4c(sc32)CNCC4(F)F)cc1. The molecule has 1 aliphatic rings. The van der Waals surface area contributed by atoms with Crippen LogP contribution < -0.4 is 15.7 Å². The zero-order chi connectivity index (χ0) is 19.5. The summed E-state index contributed by atoms with van der Waals surface area (Å²) in [5.74, 6) is -2.34. The van der Waals surface area contributed by atoms with Gasteiger partial charge < -0.3 is 10.1 Å². The standard InChI is InChI=1S/C18H15F2N5O2S/c1-27-11-4-2-10(3-5-11)7-24-16-13(15-22-9-23-25(15)17(24)26)14-12(28-16)6-21-8-18(14,19)20/h2-5,9,21H,6-8H2,1H3. The molecule has 0 fully saturated rings. The number of fused-ring (bicyclic) bond motifs is 5. The molecule has 0 aliphatic carbocycles. The Kier molecular flexibility index (Phi) is 3.75. The van der Waals surface area contributed by atoms with Gasteiger partial charge in [0.1, 0.15) is 16.9 Å². The average molecular weight is 403 g/mol. The lowest BCUT2D eigenvalue weighted by Crippen LogP contribution is -2.36. The van der Waals surface area contributed by atoms with E-state index in [-0.39, 0.29) is 17.8 Å². The summed E-state index contributed by atoms with van der Waals surface area (Å²) >= 11 is 1.20. The van der Waals surface area contributed by atoms with Crippen molar-refractivity contribution in [1.82, 2.24) is 24.5 Å². The van der Waals surface area contributed by atoms with Crippen molar-refractivity contribution in [2.24, 2.45) is 0 Å². The highest BCUT2D eigenvalue weighted by Gasteiger charge is 2.41. The van der Waals surface area contributed by atoms with Crippen molar-refractivity contribution in [1.29, 1.82) is 0 Å². The molecule has 7 nitrogen and oxygen atoms in total. The summed E-state index contributed by atoms with van der Waals surface area (Å²) in [5.41, 5.74) is 0.559. The maximum Gasteiger partial charge on any atom is 0.352 e. The number of ether oxygens (including phenoxy) is 1. The Balaban J connectivity index is 1.79. The molecule has 0 saturated heterocycles. The van der Waals surface area contributed by atoms with E-state index in [1.165, 1.54) is 22.2 Å². The molecule has 0 spiro atoms.